The largest absolute Gasteiger partial charge is 0.396 e. The first-order chi connectivity index (χ1) is 4.93. The van der Waals surface area contributed by atoms with E-state index in [1.807, 2.05) is 11.7 Å². The third-order valence-electron chi connectivity index (χ3n) is 0.956. The van der Waals surface area contributed by atoms with Crippen LogP contribution in [0.4, 0.5) is 0 Å². The molecule has 2 nitrogen and oxygen atoms in total. The third kappa shape index (κ3) is 2.68. The van der Waals surface area contributed by atoms with Gasteiger partial charge < -0.3 is 5.11 Å². The van der Waals surface area contributed by atoms with Crippen LogP contribution < -0.4 is 0 Å². The summed E-state index contributed by atoms with van der Waals surface area (Å²) in [6, 6.07) is 0. The van der Waals surface area contributed by atoms with E-state index in [0.29, 0.717) is 0 Å². The Morgan fingerprint density at radius 3 is 3.20 bits per heavy atom. The van der Waals surface area contributed by atoms with Gasteiger partial charge in [0.25, 0.3) is 0 Å². The maximum absolute atomic E-state index is 8.47. The van der Waals surface area contributed by atoms with Gasteiger partial charge in [-0.15, -0.1) is 23.1 Å². The third-order valence-corrected chi connectivity index (χ3v) is 3.05. The van der Waals surface area contributed by atoms with E-state index in [1.165, 1.54) is 4.21 Å². The Labute approximate surface area is 68.3 Å². The van der Waals surface area contributed by atoms with E-state index in [-0.39, 0.29) is 6.61 Å². The van der Waals surface area contributed by atoms with E-state index in [2.05, 4.69) is 4.98 Å². The molecule has 10 heavy (non-hydrogen) atoms. The highest BCUT2D eigenvalue weighted by Gasteiger charge is 1.93. The second kappa shape index (κ2) is 4.71. The van der Waals surface area contributed by atoms with E-state index < -0.39 is 0 Å². The van der Waals surface area contributed by atoms with Crippen molar-refractivity contribution in [1.82, 2.24) is 4.98 Å². The average Bonchev–Trinajstić information content (AvgIpc) is 2.41. The minimum Gasteiger partial charge on any atom is -0.396 e. The molecule has 0 spiro atoms. The number of aliphatic hydroxyl groups is 1. The molecule has 0 bridgehead atoms. The Morgan fingerprint density at radius 1 is 1.70 bits per heavy atom. The van der Waals surface area contributed by atoms with Crippen LogP contribution in [0.25, 0.3) is 0 Å². The normalized spacial score (nSPS) is 10.1. The molecule has 1 N–H and O–H groups in total. The molecule has 0 radical (unpaired) electrons. The van der Waals surface area contributed by atoms with E-state index in [9.17, 15) is 0 Å². The van der Waals surface area contributed by atoms with Gasteiger partial charge in [-0.1, -0.05) is 0 Å². The van der Waals surface area contributed by atoms with Crippen LogP contribution in [0.3, 0.4) is 0 Å². The van der Waals surface area contributed by atoms with E-state index in [0.717, 1.165) is 12.2 Å². The highest BCUT2D eigenvalue weighted by atomic mass is 32.2. The van der Waals surface area contributed by atoms with Crippen molar-refractivity contribution < 1.29 is 5.11 Å². The van der Waals surface area contributed by atoms with Gasteiger partial charge in [0.15, 0.2) is 0 Å². The fraction of sp³-hybridized carbons (Fsp3) is 0.500. The van der Waals surface area contributed by atoms with Crippen molar-refractivity contribution in [3.05, 3.63) is 11.7 Å². The van der Waals surface area contributed by atoms with Crippen molar-refractivity contribution in [2.45, 2.75) is 10.6 Å². The van der Waals surface area contributed by atoms with Crippen LogP contribution >= 0.6 is 23.1 Å². The van der Waals surface area contributed by atoms with Crippen LogP contribution in [0.5, 0.6) is 0 Å². The summed E-state index contributed by atoms with van der Waals surface area (Å²) in [5.41, 5.74) is 1.82. The quantitative estimate of drug-likeness (QED) is 0.557. The van der Waals surface area contributed by atoms with Crippen molar-refractivity contribution in [1.29, 1.82) is 0 Å². The molecular formula is C6H9NOS2. The first kappa shape index (κ1) is 8.04. The van der Waals surface area contributed by atoms with Gasteiger partial charge in [-0.25, -0.2) is 0 Å². The van der Waals surface area contributed by atoms with Crippen LogP contribution in [0.15, 0.2) is 15.9 Å². The van der Waals surface area contributed by atoms with E-state index in [1.54, 1.807) is 23.1 Å². The first-order valence-electron chi connectivity index (χ1n) is 3.05. The molecule has 0 amide bonds. The van der Waals surface area contributed by atoms with Gasteiger partial charge in [0, 0.05) is 12.4 Å². The molecule has 0 saturated carbocycles. The Balaban J connectivity index is 2.15. The Bertz CT molecular complexity index is 164. The molecule has 0 aliphatic rings. The molecule has 56 valence electrons. The molecule has 0 unspecified atom stereocenters. The Morgan fingerprint density at radius 2 is 2.60 bits per heavy atom. The van der Waals surface area contributed by atoms with Gasteiger partial charge in [-0.3, -0.25) is 4.98 Å². The summed E-state index contributed by atoms with van der Waals surface area (Å²) in [6.07, 6.45) is 2.72. The van der Waals surface area contributed by atoms with Crippen molar-refractivity contribution in [3.8, 4) is 0 Å². The summed E-state index contributed by atoms with van der Waals surface area (Å²) >= 11 is 3.39. The van der Waals surface area contributed by atoms with Crippen LogP contribution in [-0.2, 0) is 0 Å². The fourth-order valence-electron chi connectivity index (χ4n) is 0.513. The lowest BCUT2D eigenvalue weighted by molar-refractivity contribution is 0.296. The zero-order valence-electron chi connectivity index (χ0n) is 5.49. The van der Waals surface area contributed by atoms with Crippen LogP contribution in [0.2, 0.25) is 0 Å². The van der Waals surface area contributed by atoms with Gasteiger partial charge in [0.2, 0.25) is 0 Å². The lowest BCUT2D eigenvalue weighted by atomic mass is 10.5. The van der Waals surface area contributed by atoms with Gasteiger partial charge in [-0.2, -0.15) is 0 Å². The Hall–Kier alpha value is -0.0600. The monoisotopic (exact) mass is 175 g/mol. The molecule has 1 aromatic heterocycles. The van der Waals surface area contributed by atoms with Crippen LogP contribution in [-0.4, -0.2) is 22.5 Å². The number of thiazole rings is 1. The molecule has 0 atom stereocenters. The summed E-state index contributed by atoms with van der Waals surface area (Å²) in [7, 11) is 0. The minimum atomic E-state index is 0.284. The molecule has 0 aliphatic carbocycles. The van der Waals surface area contributed by atoms with Gasteiger partial charge in [-0.05, 0) is 6.42 Å². The number of thioether (sulfide) groups is 1. The Kier molecular flexibility index (Phi) is 3.79. The van der Waals surface area contributed by atoms with Gasteiger partial charge in [0.1, 0.15) is 0 Å². The van der Waals surface area contributed by atoms with Crippen molar-refractivity contribution in [3.63, 3.8) is 0 Å². The smallest absolute Gasteiger partial charge is 0.0803 e. The number of nitrogens with zero attached hydrogens (tertiary/aromatic N) is 1. The molecule has 1 aromatic rings. The van der Waals surface area contributed by atoms with E-state index in [4.69, 9.17) is 5.11 Å². The molecule has 4 heteroatoms. The maximum Gasteiger partial charge on any atom is 0.0803 e. The standard InChI is InChI=1S/C6H9NOS2/c8-2-1-3-9-6-4-7-5-10-6/h4-5,8H,1-3H2. The predicted molar refractivity (Wildman–Crippen MR) is 44.5 cm³/mol. The lowest BCUT2D eigenvalue weighted by Crippen LogP contribution is -1.83. The molecule has 1 rings (SSSR count). The van der Waals surface area contributed by atoms with Crippen molar-refractivity contribution in [2.24, 2.45) is 0 Å². The number of aromatic nitrogens is 1. The summed E-state index contributed by atoms with van der Waals surface area (Å²) < 4.78 is 1.23. The second-order valence-corrected chi connectivity index (χ2v) is 4.03. The van der Waals surface area contributed by atoms with Crippen molar-refractivity contribution >= 4 is 23.1 Å². The summed E-state index contributed by atoms with van der Waals surface area (Å²) in [6.45, 7) is 0.284. The van der Waals surface area contributed by atoms with Crippen LogP contribution in [0, 0.1) is 0 Å². The topological polar surface area (TPSA) is 33.1 Å². The molecule has 0 fully saturated rings. The van der Waals surface area contributed by atoms with Gasteiger partial charge in [0.05, 0.1) is 15.9 Å². The summed E-state index contributed by atoms with van der Waals surface area (Å²) in [5.74, 6) is 0.985. The zero-order chi connectivity index (χ0) is 7.23. The molecule has 0 aromatic carbocycles. The fourth-order valence-corrected chi connectivity index (χ4v) is 2.12. The minimum absolute atomic E-state index is 0.284. The molecule has 0 aliphatic heterocycles. The molecule has 1 heterocycles. The number of hydrogen-bond donors (Lipinski definition) is 1. The molecule has 0 saturated heterocycles. The number of rotatable bonds is 4. The lowest BCUT2D eigenvalue weighted by Gasteiger charge is -1.92. The summed E-state index contributed by atoms with van der Waals surface area (Å²) in [4.78, 5) is 3.94. The number of aliphatic hydroxyl groups excluding tert-OH is 1. The van der Waals surface area contributed by atoms with Crippen molar-refractivity contribution in [2.75, 3.05) is 12.4 Å². The van der Waals surface area contributed by atoms with E-state index >= 15 is 0 Å². The SMILES string of the molecule is OCCCSc1cncs1. The second-order valence-electron chi connectivity index (χ2n) is 1.75. The highest BCUT2D eigenvalue weighted by Crippen LogP contribution is 2.21. The highest BCUT2D eigenvalue weighted by molar-refractivity contribution is 8.01. The molecular weight excluding hydrogens is 166 g/mol. The first-order valence-corrected chi connectivity index (χ1v) is 4.92. The predicted octanol–water partition coefficient (Wildman–Crippen LogP) is 1.62. The van der Waals surface area contributed by atoms with Gasteiger partial charge >= 0.3 is 0 Å². The average molecular weight is 175 g/mol. The maximum atomic E-state index is 8.47. The van der Waals surface area contributed by atoms with Crippen LogP contribution in [0.1, 0.15) is 6.42 Å². The zero-order valence-corrected chi connectivity index (χ0v) is 7.12. The number of hydrogen-bond acceptors (Lipinski definition) is 4. The summed E-state index contributed by atoms with van der Waals surface area (Å²) in [5, 5.41) is 8.47.